The van der Waals surface area contributed by atoms with Crippen molar-refractivity contribution in [1.82, 2.24) is 5.16 Å². The van der Waals surface area contributed by atoms with Crippen LogP contribution in [0.5, 0.6) is 0 Å². The molecule has 0 radical (unpaired) electrons. The normalized spacial score (nSPS) is 11.5. The summed E-state index contributed by atoms with van der Waals surface area (Å²) in [7, 11) is 0. The second-order valence-corrected chi connectivity index (χ2v) is 4.28. The molecule has 0 saturated heterocycles. The molecular weight excluding hydrogens is 250 g/mol. The average Bonchev–Trinajstić information content (AvgIpc) is 2.97. The van der Waals surface area contributed by atoms with E-state index in [2.05, 4.69) is 10.1 Å². The summed E-state index contributed by atoms with van der Waals surface area (Å²) in [5.74, 6) is 0.798. The Morgan fingerprint density at radius 3 is 2.30 bits per heavy atom. The number of rotatable bonds is 3. The van der Waals surface area contributed by atoms with Crippen molar-refractivity contribution < 1.29 is 4.52 Å². The standard InChI is InChI=1S/C16H13N3O/c17-16(13-9-5-2-6-10-13)18-15-11-14(19-20-15)12-7-3-1-4-8-12/h1-11H,(H2,17,18). The predicted octanol–water partition coefficient (Wildman–Crippen LogP) is 3.38. The number of aliphatic imine (C=N–C) groups is 1. The summed E-state index contributed by atoms with van der Waals surface area (Å²) in [6, 6.07) is 21.1. The molecule has 3 aromatic rings. The van der Waals surface area contributed by atoms with Gasteiger partial charge in [-0.2, -0.15) is 4.99 Å². The van der Waals surface area contributed by atoms with E-state index in [4.69, 9.17) is 10.3 Å². The van der Waals surface area contributed by atoms with E-state index in [0.717, 1.165) is 16.8 Å². The number of aromatic nitrogens is 1. The van der Waals surface area contributed by atoms with Crippen molar-refractivity contribution in [3.8, 4) is 11.3 Å². The zero-order valence-corrected chi connectivity index (χ0v) is 10.7. The number of amidine groups is 1. The lowest BCUT2D eigenvalue weighted by Crippen LogP contribution is -2.12. The van der Waals surface area contributed by atoms with E-state index in [-0.39, 0.29) is 0 Å². The van der Waals surface area contributed by atoms with Gasteiger partial charge in [-0.1, -0.05) is 65.8 Å². The van der Waals surface area contributed by atoms with Crippen LogP contribution >= 0.6 is 0 Å². The van der Waals surface area contributed by atoms with E-state index in [0.29, 0.717) is 11.7 Å². The first-order chi connectivity index (χ1) is 9.83. The third kappa shape index (κ3) is 2.59. The topological polar surface area (TPSA) is 64.4 Å². The molecule has 1 aromatic heterocycles. The first kappa shape index (κ1) is 12.2. The minimum Gasteiger partial charge on any atom is -0.383 e. The lowest BCUT2D eigenvalue weighted by molar-refractivity contribution is 0.433. The third-order valence-corrected chi connectivity index (χ3v) is 2.87. The Kier molecular flexibility index (Phi) is 3.29. The summed E-state index contributed by atoms with van der Waals surface area (Å²) in [5.41, 5.74) is 8.51. The van der Waals surface area contributed by atoms with Crippen LogP contribution in [0.1, 0.15) is 5.56 Å². The van der Waals surface area contributed by atoms with Crippen LogP contribution < -0.4 is 5.73 Å². The van der Waals surface area contributed by atoms with Crippen molar-refractivity contribution in [2.45, 2.75) is 0 Å². The number of nitrogens with zero attached hydrogens (tertiary/aromatic N) is 2. The summed E-state index contributed by atoms with van der Waals surface area (Å²) >= 11 is 0. The lowest BCUT2D eigenvalue weighted by Gasteiger charge is -1.97. The minimum atomic E-state index is 0.394. The minimum absolute atomic E-state index is 0.394. The maximum Gasteiger partial charge on any atom is 0.252 e. The molecule has 1 heterocycles. The first-order valence-electron chi connectivity index (χ1n) is 6.24. The van der Waals surface area contributed by atoms with Gasteiger partial charge in [0.25, 0.3) is 5.88 Å². The molecule has 0 unspecified atom stereocenters. The summed E-state index contributed by atoms with van der Waals surface area (Å²) in [6.07, 6.45) is 0. The Morgan fingerprint density at radius 2 is 1.60 bits per heavy atom. The molecule has 0 aliphatic heterocycles. The van der Waals surface area contributed by atoms with Crippen LogP contribution in [0.2, 0.25) is 0 Å². The highest BCUT2D eigenvalue weighted by Crippen LogP contribution is 2.23. The van der Waals surface area contributed by atoms with E-state index < -0.39 is 0 Å². The fourth-order valence-electron chi connectivity index (χ4n) is 1.86. The third-order valence-electron chi connectivity index (χ3n) is 2.87. The molecule has 4 heteroatoms. The summed E-state index contributed by atoms with van der Waals surface area (Å²) in [5, 5.41) is 4.00. The highest BCUT2D eigenvalue weighted by molar-refractivity contribution is 5.98. The van der Waals surface area contributed by atoms with Gasteiger partial charge in [0, 0.05) is 17.2 Å². The highest BCUT2D eigenvalue weighted by Gasteiger charge is 2.06. The highest BCUT2D eigenvalue weighted by atomic mass is 16.5. The van der Waals surface area contributed by atoms with Gasteiger partial charge in [-0.25, -0.2) is 0 Å². The second-order valence-electron chi connectivity index (χ2n) is 4.28. The fourth-order valence-corrected chi connectivity index (χ4v) is 1.86. The molecule has 0 amide bonds. The van der Waals surface area contributed by atoms with Gasteiger partial charge in [-0.15, -0.1) is 0 Å². The molecule has 0 aliphatic rings. The smallest absolute Gasteiger partial charge is 0.252 e. The number of hydrogen-bond acceptors (Lipinski definition) is 3. The fraction of sp³-hybridized carbons (Fsp3) is 0. The van der Waals surface area contributed by atoms with Crippen LogP contribution in [0.3, 0.4) is 0 Å². The van der Waals surface area contributed by atoms with Crippen LogP contribution in [0.4, 0.5) is 5.88 Å². The maximum absolute atomic E-state index is 5.94. The van der Waals surface area contributed by atoms with Crippen molar-refractivity contribution in [2.24, 2.45) is 10.7 Å². The molecule has 0 fully saturated rings. The summed E-state index contributed by atoms with van der Waals surface area (Å²) < 4.78 is 5.19. The van der Waals surface area contributed by atoms with Crippen molar-refractivity contribution in [3.05, 3.63) is 72.3 Å². The molecule has 4 nitrogen and oxygen atoms in total. The van der Waals surface area contributed by atoms with Crippen molar-refractivity contribution in [3.63, 3.8) is 0 Å². The Bertz CT molecular complexity index is 718. The summed E-state index contributed by atoms with van der Waals surface area (Å²) in [6.45, 7) is 0. The molecule has 0 aliphatic carbocycles. The predicted molar refractivity (Wildman–Crippen MR) is 78.8 cm³/mol. The lowest BCUT2D eigenvalue weighted by atomic mass is 10.1. The van der Waals surface area contributed by atoms with E-state index in [9.17, 15) is 0 Å². The van der Waals surface area contributed by atoms with E-state index in [1.54, 1.807) is 6.07 Å². The molecular formula is C16H13N3O. The van der Waals surface area contributed by atoms with Crippen LogP contribution in [0, 0.1) is 0 Å². The SMILES string of the molecule is NC(=Nc1cc(-c2ccccc2)no1)c1ccccc1. The largest absolute Gasteiger partial charge is 0.383 e. The molecule has 3 rings (SSSR count). The first-order valence-corrected chi connectivity index (χ1v) is 6.24. The van der Waals surface area contributed by atoms with Gasteiger partial charge in [0.1, 0.15) is 11.5 Å². The van der Waals surface area contributed by atoms with Crippen molar-refractivity contribution >= 4 is 11.7 Å². The van der Waals surface area contributed by atoms with Crippen LogP contribution in [0.15, 0.2) is 76.2 Å². The van der Waals surface area contributed by atoms with Gasteiger partial charge in [0.2, 0.25) is 0 Å². The molecule has 0 saturated carbocycles. The quantitative estimate of drug-likeness (QED) is 0.582. The average molecular weight is 263 g/mol. The second kappa shape index (κ2) is 5.40. The number of hydrogen-bond donors (Lipinski definition) is 1. The number of benzene rings is 2. The van der Waals surface area contributed by atoms with Gasteiger partial charge in [-0.05, 0) is 0 Å². The maximum atomic E-state index is 5.94. The van der Waals surface area contributed by atoms with Crippen LogP contribution in [-0.4, -0.2) is 11.0 Å². The molecule has 0 atom stereocenters. The van der Waals surface area contributed by atoms with E-state index in [1.807, 2.05) is 60.7 Å². The van der Waals surface area contributed by atoms with E-state index >= 15 is 0 Å². The molecule has 0 bridgehead atoms. The monoisotopic (exact) mass is 263 g/mol. The molecule has 0 spiro atoms. The van der Waals surface area contributed by atoms with Gasteiger partial charge in [-0.3, -0.25) is 0 Å². The molecule has 2 aromatic carbocycles. The molecule has 2 N–H and O–H groups in total. The van der Waals surface area contributed by atoms with Gasteiger partial charge >= 0.3 is 0 Å². The summed E-state index contributed by atoms with van der Waals surface area (Å²) in [4.78, 5) is 4.24. The van der Waals surface area contributed by atoms with Crippen LogP contribution in [-0.2, 0) is 0 Å². The van der Waals surface area contributed by atoms with E-state index in [1.165, 1.54) is 0 Å². The zero-order valence-electron chi connectivity index (χ0n) is 10.7. The van der Waals surface area contributed by atoms with Crippen molar-refractivity contribution in [1.29, 1.82) is 0 Å². The van der Waals surface area contributed by atoms with Gasteiger partial charge in [0.05, 0.1) is 0 Å². The van der Waals surface area contributed by atoms with Crippen LogP contribution in [0.25, 0.3) is 11.3 Å². The zero-order chi connectivity index (χ0) is 13.8. The Balaban J connectivity index is 1.88. The Morgan fingerprint density at radius 1 is 0.950 bits per heavy atom. The van der Waals surface area contributed by atoms with Gasteiger partial charge in [0.15, 0.2) is 0 Å². The molecule has 98 valence electrons. The Hall–Kier alpha value is -2.88. The molecule has 20 heavy (non-hydrogen) atoms. The van der Waals surface area contributed by atoms with Gasteiger partial charge < -0.3 is 10.3 Å². The number of nitrogens with two attached hydrogens (primary N) is 1. The Labute approximate surface area is 116 Å². The van der Waals surface area contributed by atoms with Crippen molar-refractivity contribution in [2.75, 3.05) is 0 Å².